The second-order valence-electron chi connectivity index (χ2n) is 15.8. The van der Waals surface area contributed by atoms with Gasteiger partial charge in [0.15, 0.2) is 0 Å². The average Bonchev–Trinajstić information content (AvgIpc) is 3.40. The molecule has 0 aliphatic heterocycles. The number of carboxylic acids is 2. The van der Waals surface area contributed by atoms with Crippen LogP contribution in [-0.2, 0) is 29.8 Å². The molecule has 0 bridgehead atoms. The number of fused-ring (bicyclic) bond motifs is 2. The van der Waals surface area contributed by atoms with Gasteiger partial charge in [0.1, 0.15) is 67.9 Å². The van der Waals surface area contributed by atoms with Crippen LogP contribution < -0.4 is 213 Å². The van der Waals surface area contributed by atoms with Crippen LogP contribution in [0.3, 0.4) is 0 Å². The first kappa shape index (κ1) is 66.4. The predicted molar refractivity (Wildman–Crippen MR) is 264 cm³/mol. The van der Waals surface area contributed by atoms with Crippen molar-refractivity contribution in [3.8, 4) is 34.1 Å². The largest absolute Gasteiger partial charge is 1.00 e. The zero-order valence-electron chi connectivity index (χ0n) is 42.4. The number of ketones is 2. The van der Waals surface area contributed by atoms with E-state index in [1.165, 1.54) is 74.9 Å². The van der Waals surface area contributed by atoms with Crippen LogP contribution in [0.15, 0.2) is 141 Å². The van der Waals surface area contributed by atoms with Gasteiger partial charge in [-0.3, -0.25) is 20.4 Å². The third-order valence-corrected chi connectivity index (χ3v) is 12.6. The van der Waals surface area contributed by atoms with Crippen molar-refractivity contribution in [1.29, 1.82) is 0 Å². The molecule has 378 valence electrons. The fourth-order valence-corrected chi connectivity index (χ4v) is 8.73. The van der Waals surface area contributed by atoms with Gasteiger partial charge in [-0.25, -0.2) is 16.8 Å². The third kappa shape index (κ3) is 16.5. The van der Waals surface area contributed by atoms with Gasteiger partial charge < -0.3 is 58.5 Å². The Morgan fingerprint density at radius 2 is 0.859 bits per heavy atom. The number of carbonyl (C=O) groups excluding carboxylic acids is 4. The molecule has 0 spiro atoms. The molecule has 6 aromatic rings. The van der Waals surface area contributed by atoms with E-state index >= 15 is 0 Å². The first-order valence-electron chi connectivity index (χ1n) is 21.4. The molecule has 0 saturated carbocycles. The van der Waals surface area contributed by atoms with E-state index in [4.69, 9.17) is 18.9 Å². The van der Waals surface area contributed by atoms with E-state index < -0.39 is 78.2 Å². The number of hydrogen-bond acceptors (Lipinski definition) is 22. The van der Waals surface area contributed by atoms with E-state index in [9.17, 15) is 55.3 Å². The van der Waals surface area contributed by atoms with Crippen molar-refractivity contribution in [3.05, 3.63) is 153 Å². The number of aliphatic carboxylic acids is 2. The van der Waals surface area contributed by atoms with Crippen molar-refractivity contribution >= 4 is 101 Å². The van der Waals surface area contributed by atoms with Crippen LogP contribution >= 0.6 is 0 Å². The maximum Gasteiger partial charge on any atom is 1.00 e. The van der Waals surface area contributed by atoms with Crippen LogP contribution in [0.4, 0.5) is 34.1 Å². The Morgan fingerprint density at radius 3 is 1.18 bits per heavy atom. The Balaban J connectivity index is 0.00000328. The molecule has 22 nitrogen and oxygen atoms in total. The quantitative estimate of drug-likeness (QED) is 0.0332. The van der Waals surface area contributed by atoms with Gasteiger partial charge in [0.05, 0.1) is 47.3 Å². The van der Waals surface area contributed by atoms with Crippen LogP contribution in [0.5, 0.6) is 23.0 Å². The fourth-order valence-electron chi connectivity index (χ4n) is 7.44. The molecule has 0 unspecified atom stereocenters. The normalized spacial score (nSPS) is 13.5. The Bertz CT molecular complexity index is 3420. The van der Waals surface area contributed by atoms with Crippen LogP contribution in [0, 0.1) is 0 Å². The van der Waals surface area contributed by atoms with Crippen molar-refractivity contribution in [3.63, 3.8) is 0 Å². The molecular formula is C50H36K2N6Na2O16S2. The predicted octanol–water partition coefficient (Wildman–Crippen LogP) is -7.77. The summed E-state index contributed by atoms with van der Waals surface area (Å²) < 4.78 is 96.6. The van der Waals surface area contributed by atoms with Crippen LogP contribution in [-0.4, -0.2) is 88.3 Å². The van der Waals surface area contributed by atoms with Gasteiger partial charge in [0.25, 0.3) is 0 Å². The summed E-state index contributed by atoms with van der Waals surface area (Å²) in [5, 5.41) is 37.2. The molecule has 4 N–H and O–H groups in total. The molecule has 78 heavy (non-hydrogen) atoms. The summed E-state index contributed by atoms with van der Waals surface area (Å²) in [4.78, 5) is 48.7. The first-order chi connectivity index (χ1) is 35.3. The zero-order valence-corrected chi connectivity index (χ0v) is 54.2. The van der Waals surface area contributed by atoms with Crippen molar-refractivity contribution in [2.75, 3.05) is 48.9 Å². The molecule has 2 aliphatic rings. The van der Waals surface area contributed by atoms with Crippen LogP contribution in [0.2, 0.25) is 0 Å². The van der Waals surface area contributed by atoms with Crippen LogP contribution in [0.25, 0.3) is 23.3 Å². The molecule has 6 aromatic carbocycles. The number of carbonyl (C=O) groups is 4. The second kappa shape index (κ2) is 29.1. The number of benzene rings is 6. The van der Waals surface area contributed by atoms with Gasteiger partial charge in [-0.15, -0.1) is 0 Å². The number of ether oxygens (including phenoxy) is 4. The fraction of sp³-hybridized carbons (Fsp3) is 0.0800. The standard InChI is InChI=1S/C50H40N6O16S2.2K.2Na/c1-69-35-11-5-31(6-12-35)51-33-9-15-37-29(19-33)23-43(73(63,64)65)47(49(37)61)55-53-39-17-3-27(21-41(39)71-25-45(57)58)28-4-18-40(42(22-28)72-26-46(59)60)54-56-48-44(74(66,67)68)24-30-20-34(10-16-38(30)50(48)62)52-32-7-13-36(70-2)14-8-32;;;;/h3-24,51-54H,25-26H2,1-2H3,(H,57,58)(H,59,60)(H,63,64,65)(H,66,67,68);;;;/q;4*+1/p-4/b55-47-,56-48+;;;;. The molecular weight excluding hydrogens is 1130 g/mol. The molecule has 28 heteroatoms. The molecule has 0 amide bonds. The van der Waals surface area contributed by atoms with E-state index in [1.54, 1.807) is 60.7 Å². The summed E-state index contributed by atoms with van der Waals surface area (Å²) in [5.41, 5.74) is 5.95. The van der Waals surface area contributed by atoms with Gasteiger partial charge in [0, 0.05) is 33.9 Å². The number of nitrogens with one attached hydrogen (secondary N) is 4. The molecule has 0 saturated heterocycles. The molecule has 0 atom stereocenters. The number of hydrazone groups is 2. The topological polar surface area (TPSA) is 339 Å². The number of carboxylic acid groups (broad SMARTS) is 2. The molecule has 0 radical (unpaired) electrons. The Hall–Kier alpha value is -4.09. The summed E-state index contributed by atoms with van der Waals surface area (Å²) in [6, 6.07) is 30.6. The zero-order chi connectivity index (χ0) is 52.9. The maximum atomic E-state index is 13.8. The summed E-state index contributed by atoms with van der Waals surface area (Å²) in [5.74, 6) is -4.49. The van der Waals surface area contributed by atoms with Crippen LogP contribution in [0.1, 0.15) is 31.8 Å². The summed E-state index contributed by atoms with van der Waals surface area (Å²) in [6.07, 6.45) is 1.98. The number of nitrogens with zero attached hydrogens (tertiary/aromatic N) is 2. The summed E-state index contributed by atoms with van der Waals surface area (Å²) >= 11 is 0. The Kier molecular flexibility index (Phi) is 24.7. The maximum absolute atomic E-state index is 13.8. The minimum absolute atomic E-state index is 0. The monoisotopic (exact) mass is 1160 g/mol. The van der Waals surface area contributed by atoms with Crippen molar-refractivity contribution < 1.29 is 236 Å². The number of rotatable bonds is 19. The van der Waals surface area contributed by atoms with Gasteiger partial charge in [-0.2, -0.15) is 10.2 Å². The first-order valence-corrected chi connectivity index (χ1v) is 24.3. The van der Waals surface area contributed by atoms with Crippen molar-refractivity contribution in [1.82, 2.24) is 0 Å². The minimum atomic E-state index is -5.34. The van der Waals surface area contributed by atoms with E-state index in [-0.39, 0.29) is 218 Å². The summed E-state index contributed by atoms with van der Waals surface area (Å²) in [6.45, 7) is -2.03. The van der Waals surface area contributed by atoms with E-state index in [1.807, 2.05) is 0 Å². The van der Waals surface area contributed by atoms with Crippen molar-refractivity contribution in [2.24, 2.45) is 10.2 Å². The van der Waals surface area contributed by atoms with Gasteiger partial charge in [-0.05, 0) is 144 Å². The molecule has 2 aliphatic carbocycles. The SMILES string of the molecule is COc1ccc(Nc2ccc3c(c2)C=C(S(=O)(=O)[O-])/C(=N\Nc2ccc(-c4ccc(N/N=C5\C(=O)c6ccc(Nc7ccc(OC)cc7)cc6C=C5S(=O)(=O)[O-])c(OCC(=O)[O-])c4)cc2OCC(=O)[O-])C3=O)cc1.[K+].[K+].[Na+].[Na+]. The smallest absolute Gasteiger partial charge is 0.744 e. The number of hydrogen-bond donors (Lipinski definition) is 4. The molecule has 0 fully saturated rings. The number of allylic oxidation sites excluding steroid dienone is 2. The number of anilines is 6. The van der Waals surface area contributed by atoms with Gasteiger partial charge in [-0.1, -0.05) is 12.1 Å². The van der Waals surface area contributed by atoms with E-state index in [0.29, 0.717) is 34.2 Å². The Morgan fingerprint density at radius 1 is 0.513 bits per heavy atom. The number of Topliss-reactive ketones (excluding diaryl/α,β-unsaturated/α-hetero) is 2. The van der Waals surface area contributed by atoms with E-state index in [0.717, 1.165) is 12.2 Å². The Labute approximate surface area is 575 Å². The molecule has 0 heterocycles. The number of methoxy groups -OCH3 is 2. The van der Waals surface area contributed by atoms with Gasteiger partial charge in [0.2, 0.25) is 11.6 Å². The molecule has 0 aromatic heterocycles. The van der Waals surface area contributed by atoms with E-state index in [2.05, 4.69) is 31.7 Å². The minimum Gasteiger partial charge on any atom is -0.744 e. The molecule has 8 rings (SSSR count). The second-order valence-corrected chi connectivity index (χ2v) is 18.5. The average molecular weight is 1170 g/mol. The van der Waals surface area contributed by atoms with Crippen molar-refractivity contribution in [2.45, 2.75) is 0 Å². The van der Waals surface area contributed by atoms with Gasteiger partial charge >= 0.3 is 162 Å². The third-order valence-electron chi connectivity index (χ3n) is 10.9. The summed E-state index contributed by atoms with van der Waals surface area (Å²) in [7, 11) is -7.65.